The molecular weight excluding hydrogens is 386 g/mol. The first-order valence-electron chi connectivity index (χ1n) is 7.36. The van der Waals surface area contributed by atoms with Crippen LogP contribution in [-0.4, -0.2) is 45.6 Å². The van der Waals surface area contributed by atoms with Crippen LogP contribution >= 0.6 is 15.9 Å². The quantitative estimate of drug-likeness (QED) is 0.714. The molecule has 2 rings (SSSR count). The summed E-state index contributed by atoms with van der Waals surface area (Å²) in [6.07, 6.45) is 0.114. The number of alkyl halides is 1. The fraction of sp³-hybridized carbons (Fsp3) is 0.714. The molecule has 1 aliphatic heterocycles. The zero-order valence-corrected chi connectivity index (χ0v) is 16.2. The molecule has 0 atom stereocenters. The van der Waals surface area contributed by atoms with Crippen molar-refractivity contribution >= 4 is 31.9 Å². The van der Waals surface area contributed by atoms with Gasteiger partial charge in [-0.05, 0) is 27.2 Å². The number of aromatic nitrogens is 2. The molecule has 130 valence electrons. The molecule has 0 saturated carbocycles. The van der Waals surface area contributed by atoms with E-state index < -0.39 is 21.5 Å². The molecule has 2 heterocycles. The summed E-state index contributed by atoms with van der Waals surface area (Å²) in [4.78, 5) is 17.9. The first-order valence-corrected chi connectivity index (χ1v) is 10.1. The summed E-state index contributed by atoms with van der Waals surface area (Å²) in [5.74, 6) is 0.0533. The summed E-state index contributed by atoms with van der Waals surface area (Å²) in [5.41, 5.74) is 0.799. The van der Waals surface area contributed by atoms with Gasteiger partial charge in [-0.15, -0.1) is 0 Å². The zero-order valence-electron chi connectivity index (χ0n) is 13.8. The van der Waals surface area contributed by atoms with Crippen LogP contribution < -0.4 is 0 Å². The molecule has 1 aromatic heterocycles. The molecule has 9 heteroatoms. The second-order valence-electron chi connectivity index (χ2n) is 6.54. The monoisotopic (exact) mass is 407 g/mol. The van der Waals surface area contributed by atoms with Gasteiger partial charge >= 0.3 is 6.09 Å². The number of ether oxygens (including phenoxy) is 1. The van der Waals surface area contributed by atoms with Crippen molar-refractivity contribution in [1.82, 2.24) is 14.5 Å². The highest BCUT2D eigenvalue weighted by atomic mass is 79.9. The number of carbonyl (C=O) groups excluding carboxylic acids is 1. The lowest BCUT2D eigenvalue weighted by Gasteiger charge is -2.24. The standard InChI is InChI=1S/C14H22BrN3O4S/c1-14(2,3)22-13(19)18-8-10-11(9-18)17(4)12(16-10)23(20,21)7-5-6-15/h5-9H2,1-4H3. The fourth-order valence-corrected chi connectivity index (χ4v) is 4.51. The number of hydrogen-bond acceptors (Lipinski definition) is 5. The van der Waals surface area contributed by atoms with Gasteiger partial charge in [0.05, 0.1) is 30.2 Å². The minimum Gasteiger partial charge on any atom is -0.444 e. The first-order chi connectivity index (χ1) is 10.5. The minimum atomic E-state index is -3.41. The van der Waals surface area contributed by atoms with E-state index in [-0.39, 0.29) is 17.5 Å². The van der Waals surface area contributed by atoms with E-state index in [1.54, 1.807) is 32.4 Å². The van der Waals surface area contributed by atoms with Crippen molar-refractivity contribution in [3.63, 3.8) is 0 Å². The van der Waals surface area contributed by atoms with E-state index in [0.29, 0.717) is 24.0 Å². The van der Waals surface area contributed by atoms with Crippen LogP contribution in [0, 0.1) is 0 Å². The van der Waals surface area contributed by atoms with E-state index >= 15 is 0 Å². The first kappa shape index (κ1) is 18.3. The van der Waals surface area contributed by atoms with E-state index in [1.807, 2.05) is 0 Å². The zero-order chi connectivity index (χ0) is 17.4. The van der Waals surface area contributed by atoms with Gasteiger partial charge < -0.3 is 9.30 Å². The Morgan fingerprint density at radius 3 is 2.52 bits per heavy atom. The lowest BCUT2D eigenvalue weighted by atomic mass is 10.2. The predicted molar refractivity (Wildman–Crippen MR) is 89.2 cm³/mol. The van der Waals surface area contributed by atoms with E-state index in [1.165, 1.54) is 4.90 Å². The molecule has 0 aromatic carbocycles. The molecule has 0 aliphatic carbocycles. The van der Waals surface area contributed by atoms with E-state index in [9.17, 15) is 13.2 Å². The van der Waals surface area contributed by atoms with E-state index in [4.69, 9.17) is 4.74 Å². The molecule has 23 heavy (non-hydrogen) atoms. The van der Waals surface area contributed by atoms with Gasteiger partial charge in [-0.3, -0.25) is 4.90 Å². The van der Waals surface area contributed by atoms with Crippen molar-refractivity contribution in [1.29, 1.82) is 0 Å². The Hall–Kier alpha value is -1.09. The van der Waals surface area contributed by atoms with Gasteiger partial charge in [0.2, 0.25) is 15.0 Å². The van der Waals surface area contributed by atoms with Gasteiger partial charge in [-0.25, -0.2) is 18.2 Å². The SMILES string of the molecule is Cn1c(S(=O)(=O)CCCBr)nc2c1CN(C(=O)OC(C)(C)C)C2. The van der Waals surface area contributed by atoms with Crippen LogP contribution in [0.25, 0.3) is 0 Å². The maximum absolute atomic E-state index is 12.3. The number of amides is 1. The van der Waals surface area contributed by atoms with Gasteiger partial charge in [0, 0.05) is 12.4 Å². The number of nitrogens with zero attached hydrogens (tertiary/aromatic N) is 3. The summed E-state index contributed by atoms with van der Waals surface area (Å²) < 4.78 is 31.5. The van der Waals surface area contributed by atoms with E-state index in [2.05, 4.69) is 20.9 Å². The van der Waals surface area contributed by atoms with Crippen molar-refractivity contribution < 1.29 is 17.9 Å². The lowest BCUT2D eigenvalue weighted by Crippen LogP contribution is -2.34. The van der Waals surface area contributed by atoms with Crippen molar-refractivity contribution in [2.75, 3.05) is 11.1 Å². The van der Waals surface area contributed by atoms with Gasteiger partial charge in [0.1, 0.15) is 5.60 Å². The second-order valence-corrected chi connectivity index (χ2v) is 9.34. The van der Waals surface area contributed by atoms with Gasteiger partial charge in [0.25, 0.3) is 0 Å². The molecule has 1 aliphatic rings. The highest BCUT2D eigenvalue weighted by Crippen LogP contribution is 2.27. The molecule has 0 unspecified atom stereocenters. The van der Waals surface area contributed by atoms with Crippen LogP contribution in [0.5, 0.6) is 0 Å². The molecule has 0 radical (unpaired) electrons. The number of fused-ring (bicyclic) bond motifs is 1. The highest BCUT2D eigenvalue weighted by Gasteiger charge is 2.34. The van der Waals surface area contributed by atoms with Crippen molar-refractivity contribution in [2.45, 2.75) is 51.0 Å². The Balaban J connectivity index is 2.17. The fourth-order valence-electron chi connectivity index (χ4n) is 2.38. The molecule has 1 aromatic rings. The van der Waals surface area contributed by atoms with Crippen molar-refractivity contribution in [2.24, 2.45) is 7.05 Å². The smallest absolute Gasteiger partial charge is 0.410 e. The number of carbonyl (C=O) groups is 1. The third-order valence-electron chi connectivity index (χ3n) is 3.41. The third-order valence-corrected chi connectivity index (χ3v) is 5.72. The summed E-state index contributed by atoms with van der Waals surface area (Å²) in [6.45, 7) is 6.00. The van der Waals surface area contributed by atoms with Crippen LogP contribution in [-0.2, 0) is 34.7 Å². The number of imidazole rings is 1. The Morgan fingerprint density at radius 1 is 1.35 bits per heavy atom. The lowest BCUT2D eigenvalue weighted by molar-refractivity contribution is 0.0237. The van der Waals surface area contributed by atoms with Crippen LogP contribution in [0.3, 0.4) is 0 Å². The maximum Gasteiger partial charge on any atom is 0.410 e. The van der Waals surface area contributed by atoms with Gasteiger partial charge in [-0.2, -0.15) is 0 Å². The Labute approximate surface area is 145 Å². The Morgan fingerprint density at radius 2 is 2.00 bits per heavy atom. The number of hydrogen-bond donors (Lipinski definition) is 0. The minimum absolute atomic E-state index is 0.0533. The second kappa shape index (κ2) is 6.43. The number of rotatable bonds is 4. The molecule has 1 amide bonds. The average Bonchev–Trinajstić information content (AvgIpc) is 2.95. The van der Waals surface area contributed by atoms with Crippen LogP contribution in [0.15, 0.2) is 5.16 Å². The maximum atomic E-state index is 12.3. The Kier molecular flexibility index (Phi) is 5.10. The van der Waals surface area contributed by atoms with Crippen LogP contribution in [0.4, 0.5) is 4.79 Å². The average molecular weight is 408 g/mol. The van der Waals surface area contributed by atoms with Gasteiger partial charge in [-0.1, -0.05) is 15.9 Å². The molecule has 0 spiro atoms. The number of halogens is 1. The van der Waals surface area contributed by atoms with Crippen LogP contribution in [0.2, 0.25) is 0 Å². The molecule has 0 bridgehead atoms. The summed E-state index contributed by atoms with van der Waals surface area (Å²) in [6, 6.07) is 0. The Bertz CT molecular complexity index is 706. The van der Waals surface area contributed by atoms with E-state index in [0.717, 1.165) is 5.69 Å². The van der Waals surface area contributed by atoms with Crippen LogP contribution in [0.1, 0.15) is 38.6 Å². The normalized spacial score (nSPS) is 14.9. The highest BCUT2D eigenvalue weighted by molar-refractivity contribution is 9.09. The molecule has 0 fully saturated rings. The predicted octanol–water partition coefficient (Wildman–Crippen LogP) is 2.23. The largest absolute Gasteiger partial charge is 0.444 e. The summed E-state index contributed by atoms with van der Waals surface area (Å²) in [7, 11) is -1.74. The van der Waals surface area contributed by atoms with Crippen molar-refractivity contribution in [3.05, 3.63) is 11.4 Å². The molecule has 0 N–H and O–H groups in total. The molecular formula is C14H22BrN3O4S. The number of sulfone groups is 1. The van der Waals surface area contributed by atoms with Crippen molar-refractivity contribution in [3.8, 4) is 0 Å². The summed E-state index contributed by atoms with van der Waals surface area (Å²) >= 11 is 3.24. The van der Waals surface area contributed by atoms with Gasteiger partial charge in [0.15, 0.2) is 0 Å². The third kappa shape index (κ3) is 4.06. The topological polar surface area (TPSA) is 81.5 Å². The summed E-state index contributed by atoms with van der Waals surface area (Å²) in [5, 5.41) is 0.704. The molecule has 7 nitrogen and oxygen atoms in total. The molecule has 0 saturated heterocycles.